The van der Waals surface area contributed by atoms with Crippen LogP contribution in [-0.2, 0) is 24.0 Å². The van der Waals surface area contributed by atoms with Crippen molar-refractivity contribution in [1.29, 1.82) is 0 Å². The second kappa shape index (κ2) is 8.50. The van der Waals surface area contributed by atoms with E-state index in [-0.39, 0.29) is 19.2 Å². The summed E-state index contributed by atoms with van der Waals surface area (Å²) in [5, 5.41) is 0. The average Bonchev–Trinajstić information content (AvgIpc) is 2.28. The number of hydrogen-bond donors (Lipinski definition) is 0. The van der Waals surface area contributed by atoms with Gasteiger partial charge >= 0.3 is 5.97 Å². The molecule has 0 bridgehead atoms. The van der Waals surface area contributed by atoms with Crippen LogP contribution in [0.3, 0.4) is 0 Å². The third-order valence-corrected chi connectivity index (χ3v) is 2.34. The fraction of sp³-hybridized carbons (Fsp3) is 0.909. The monoisotopic (exact) mass is 234 g/mol. The second-order valence-corrected chi connectivity index (χ2v) is 3.71. The lowest BCUT2D eigenvalue weighted by molar-refractivity contribution is -0.295. The van der Waals surface area contributed by atoms with E-state index < -0.39 is 5.41 Å². The second-order valence-electron chi connectivity index (χ2n) is 3.71. The van der Waals surface area contributed by atoms with Crippen molar-refractivity contribution in [3.05, 3.63) is 0 Å². The Kier molecular flexibility index (Phi) is 8.15. The highest BCUT2D eigenvalue weighted by atomic mass is 17.2. The summed E-state index contributed by atoms with van der Waals surface area (Å²) in [7, 11) is 1.57. The maximum absolute atomic E-state index is 11.7. The lowest BCUT2D eigenvalue weighted by Gasteiger charge is -2.24. The maximum atomic E-state index is 11.7. The van der Waals surface area contributed by atoms with E-state index in [2.05, 4.69) is 4.89 Å². The molecule has 0 saturated heterocycles. The SMILES string of the molecule is CCOOCCOC(=O)C(C)(CC)COC. The van der Waals surface area contributed by atoms with Crippen LogP contribution in [0.5, 0.6) is 0 Å². The standard InChI is InChI=1S/C11H22O5/c1-5-11(3,9-13-4)10(12)14-7-8-16-15-6-2/h5-9H2,1-4H3. The highest BCUT2D eigenvalue weighted by Gasteiger charge is 2.32. The quantitative estimate of drug-likeness (QED) is 0.262. The van der Waals surface area contributed by atoms with Gasteiger partial charge in [-0.3, -0.25) is 4.79 Å². The van der Waals surface area contributed by atoms with Gasteiger partial charge in [0.1, 0.15) is 13.2 Å². The molecule has 0 aliphatic carbocycles. The van der Waals surface area contributed by atoms with Crippen LogP contribution in [0, 0.1) is 5.41 Å². The van der Waals surface area contributed by atoms with Gasteiger partial charge in [-0.1, -0.05) is 6.92 Å². The smallest absolute Gasteiger partial charge is 0.314 e. The molecular weight excluding hydrogens is 212 g/mol. The minimum absolute atomic E-state index is 0.193. The molecule has 0 heterocycles. The van der Waals surface area contributed by atoms with Gasteiger partial charge in [-0.15, -0.1) is 0 Å². The van der Waals surface area contributed by atoms with Crippen LogP contribution in [-0.4, -0.2) is 39.5 Å². The molecule has 0 N–H and O–H groups in total. The molecule has 16 heavy (non-hydrogen) atoms. The zero-order valence-corrected chi connectivity index (χ0v) is 10.6. The molecule has 0 aromatic rings. The van der Waals surface area contributed by atoms with Gasteiger partial charge in [0.15, 0.2) is 0 Å². The molecule has 0 rings (SSSR count). The van der Waals surface area contributed by atoms with Crippen molar-refractivity contribution in [3.63, 3.8) is 0 Å². The number of hydrogen-bond acceptors (Lipinski definition) is 5. The zero-order valence-electron chi connectivity index (χ0n) is 10.6. The van der Waals surface area contributed by atoms with Gasteiger partial charge in [0.05, 0.1) is 18.6 Å². The van der Waals surface area contributed by atoms with E-state index in [1.54, 1.807) is 7.11 Å². The van der Waals surface area contributed by atoms with E-state index in [0.29, 0.717) is 19.6 Å². The van der Waals surface area contributed by atoms with Crippen molar-refractivity contribution in [3.8, 4) is 0 Å². The number of methoxy groups -OCH3 is 1. The number of rotatable bonds is 9. The summed E-state index contributed by atoms with van der Waals surface area (Å²) < 4.78 is 10.1. The Hall–Kier alpha value is -0.650. The molecule has 96 valence electrons. The molecule has 0 saturated carbocycles. The number of ether oxygens (including phenoxy) is 2. The van der Waals surface area contributed by atoms with Crippen LogP contribution in [0.4, 0.5) is 0 Å². The lowest BCUT2D eigenvalue weighted by atomic mass is 9.89. The third kappa shape index (κ3) is 5.44. The predicted molar refractivity (Wildman–Crippen MR) is 58.8 cm³/mol. The molecule has 0 amide bonds. The summed E-state index contributed by atoms with van der Waals surface area (Å²) in [6, 6.07) is 0. The van der Waals surface area contributed by atoms with Crippen LogP contribution >= 0.6 is 0 Å². The number of esters is 1. The molecule has 1 unspecified atom stereocenters. The van der Waals surface area contributed by atoms with Gasteiger partial charge in [-0.2, -0.15) is 0 Å². The van der Waals surface area contributed by atoms with Crippen molar-refractivity contribution in [1.82, 2.24) is 0 Å². The Morgan fingerprint density at radius 1 is 1.19 bits per heavy atom. The Labute approximate surface area is 96.9 Å². The van der Waals surface area contributed by atoms with Crippen LogP contribution in [0.15, 0.2) is 0 Å². The van der Waals surface area contributed by atoms with Crippen molar-refractivity contribution < 1.29 is 24.0 Å². The minimum Gasteiger partial charge on any atom is -0.463 e. The maximum Gasteiger partial charge on any atom is 0.314 e. The summed E-state index contributed by atoms with van der Waals surface area (Å²) in [6.45, 7) is 6.83. The van der Waals surface area contributed by atoms with Gasteiger partial charge < -0.3 is 9.47 Å². The van der Waals surface area contributed by atoms with Gasteiger partial charge in [0.25, 0.3) is 0 Å². The van der Waals surface area contributed by atoms with Crippen molar-refractivity contribution in [2.24, 2.45) is 5.41 Å². The fourth-order valence-electron chi connectivity index (χ4n) is 1.11. The topological polar surface area (TPSA) is 54.0 Å². The molecule has 5 nitrogen and oxygen atoms in total. The fourth-order valence-corrected chi connectivity index (χ4v) is 1.11. The first-order chi connectivity index (χ1) is 7.60. The van der Waals surface area contributed by atoms with Gasteiger partial charge in [-0.25, -0.2) is 9.78 Å². The first kappa shape index (κ1) is 15.3. The first-order valence-corrected chi connectivity index (χ1v) is 5.51. The van der Waals surface area contributed by atoms with E-state index in [0.717, 1.165) is 0 Å². The van der Waals surface area contributed by atoms with Crippen LogP contribution in [0.2, 0.25) is 0 Å². The van der Waals surface area contributed by atoms with Crippen LogP contribution in [0.25, 0.3) is 0 Å². The van der Waals surface area contributed by atoms with Crippen molar-refractivity contribution in [2.75, 3.05) is 33.5 Å². The van der Waals surface area contributed by atoms with Crippen LogP contribution in [0.1, 0.15) is 27.2 Å². The first-order valence-electron chi connectivity index (χ1n) is 5.51. The molecular formula is C11H22O5. The Morgan fingerprint density at radius 3 is 2.38 bits per heavy atom. The van der Waals surface area contributed by atoms with E-state index in [1.807, 2.05) is 20.8 Å². The number of carbonyl (C=O) groups excluding carboxylic acids is 1. The summed E-state index contributed by atoms with van der Waals surface area (Å²) in [5.74, 6) is -0.267. The van der Waals surface area contributed by atoms with Gasteiger partial charge in [0.2, 0.25) is 0 Å². The van der Waals surface area contributed by atoms with E-state index in [9.17, 15) is 4.79 Å². The Balaban J connectivity index is 3.84. The van der Waals surface area contributed by atoms with E-state index in [4.69, 9.17) is 14.4 Å². The minimum atomic E-state index is -0.583. The van der Waals surface area contributed by atoms with Gasteiger partial charge in [-0.05, 0) is 20.3 Å². The van der Waals surface area contributed by atoms with Gasteiger partial charge in [0, 0.05) is 7.11 Å². The molecule has 0 aromatic carbocycles. The highest BCUT2D eigenvalue weighted by molar-refractivity contribution is 5.76. The van der Waals surface area contributed by atoms with E-state index >= 15 is 0 Å². The Morgan fingerprint density at radius 2 is 1.88 bits per heavy atom. The third-order valence-electron chi connectivity index (χ3n) is 2.34. The summed E-state index contributed by atoms with van der Waals surface area (Å²) in [4.78, 5) is 21.1. The number of carbonyl (C=O) groups is 1. The average molecular weight is 234 g/mol. The largest absolute Gasteiger partial charge is 0.463 e. The summed E-state index contributed by atoms with van der Waals surface area (Å²) in [5.41, 5.74) is -0.583. The van der Waals surface area contributed by atoms with E-state index in [1.165, 1.54) is 0 Å². The summed E-state index contributed by atoms with van der Waals surface area (Å²) in [6.07, 6.45) is 0.673. The Bertz CT molecular complexity index is 195. The molecule has 0 spiro atoms. The zero-order chi connectivity index (χ0) is 12.4. The molecule has 0 aliphatic rings. The lowest BCUT2D eigenvalue weighted by Crippen LogP contribution is -2.34. The summed E-state index contributed by atoms with van der Waals surface area (Å²) >= 11 is 0. The molecule has 0 fully saturated rings. The molecule has 0 radical (unpaired) electrons. The van der Waals surface area contributed by atoms with Crippen LogP contribution < -0.4 is 0 Å². The normalized spacial score (nSPS) is 14.5. The highest BCUT2D eigenvalue weighted by Crippen LogP contribution is 2.23. The van der Waals surface area contributed by atoms with Crippen molar-refractivity contribution in [2.45, 2.75) is 27.2 Å². The van der Waals surface area contributed by atoms with Crippen molar-refractivity contribution >= 4 is 5.97 Å². The molecule has 1 atom stereocenters. The molecule has 0 aromatic heterocycles. The molecule has 0 aliphatic heterocycles. The predicted octanol–water partition coefficient (Wildman–Crippen LogP) is 1.56. The molecule has 5 heteroatoms.